The summed E-state index contributed by atoms with van der Waals surface area (Å²) in [6.45, 7) is 1.82. The number of hydrogen-bond donors (Lipinski definition) is 1. The summed E-state index contributed by atoms with van der Waals surface area (Å²) in [5.74, 6) is -0.353. The molecule has 3 rings (SSSR count). The Morgan fingerprint density at radius 1 is 1.35 bits per heavy atom. The summed E-state index contributed by atoms with van der Waals surface area (Å²) in [5, 5.41) is 4.24. The van der Waals surface area contributed by atoms with Crippen molar-refractivity contribution in [2.24, 2.45) is 12.8 Å². The van der Waals surface area contributed by atoms with E-state index in [2.05, 4.69) is 15.1 Å². The molecular weight excluding hydrogens is 299 g/mol. The maximum Gasteiger partial charge on any atom is 0.225 e. The van der Waals surface area contributed by atoms with E-state index in [0.29, 0.717) is 11.5 Å². The highest BCUT2D eigenvalue weighted by Gasteiger charge is 2.21. The first-order valence-electron chi connectivity index (χ1n) is 6.95. The van der Waals surface area contributed by atoms with Crippen LogP contribution in [0, 0.1) is 12.7 Å². The highest BCUT2D eigenvalue weighted by atomic mass is 19.1. The number of aromatic nitrogens is 5. The van der Waals surface area contributed by atoms with Crippen LogP contribution in [0.3, 0.4) is 0 Å². The molecule has 0 aliphatic heterocycles. The summed E-state index contributed by atoms with van der Waals surface area (Å²) in [5.41, 5.74) is 6.87. The zero-order valence-electron chi connectivity index (χ0n) is 12.7. The molecule has 2 N–H and O–H groups in total. The maximum absolute atomic E-state index is 14.2. The molecule has 2 aromatic heterocycles. The fraction of sp³-hybridized carbons (Fsp3) is 0.200. The predicted octanol–water partition coefficient (Wildman–Crippen LogP) is 1.14. The van der Waals surface area contributed by atoms with Gasteiger partial charge in [0.1, 0.15) is 17.2 Å². The number of para-hydroxylation sites is 1. The zero-order valence-corrected chi connectivity index (χ0v) is 12.7. The molecule has 0 bridgehead atoms. The summed E-state index contributed by atoms with van der Waals surface area (Å²) < 4.78 is 17.3. The lowest BCUT2D eigenvalue weighted by molar-refractivity contribution is -0.117. The predicted molar refractivity (Wildman–Crippen MR) is 81.2 cm³/mol. The number of aryl methyl sites for hydroxylation is 2. The smallest absolute Gasteiger partial charge is 0.225 e. The summed E-state index contributed by atoms with van der Waals surface area (Å²) in [6, 6.07) is 6.22. The topological polar surface area (TPSA) is 91.6 Å². The van der Waals surface area contributed by atoms with E-state index in [4.69, 9.17) is 5.73 Å². The molecule has 0 spiro atoms. The van der Waals surface area contributed by atoms with Crippen molar-refractivity contribution in [1.82, 2.24) is 24.3 Å². The second-order valence-electron chi connectivity index (χ2n) is 5.15. The Morgan fingerprint density at radius 3 is 2.70 bits per heavy atom. The van der Waals surface area contributed by atoms with Gasteiger partial charge in [-0.05, 0) is 19.1 Å². The molecule has 3 aromatic rings. The number of benzene rings is 1. The fourth-order valence-electron chi connectivity index (χ4n) is 2.40. The molecule has 118 valence electrons. The van der Waals surface area contributed by atoms with Gasteiger partial charge in [-0.3, -0.25) is 4.79 Å². The van der Waals surface area contributed by atoms with Crippen LogP contribution in [0.5, 0.6) is 0 Å². The normalized spacial score (nSPS) is 10.9. The fourth-order valence-corrected chi connectivity index (χ4v) is 2.40. The van der Waals surface area contributed by atoms with Gasteiger partial charge in [-0.15, -0.1) is 0 Å². The summed E-state index contributed by atoms with van der Waals surface area (Å²) in [4.78, 5) is 19.7. The van der Waals surface area contributed by atoms with E-state index in [1.165, 1.54) is 10.7 Å². The first-order valence-corrected chi connectivity index (χ1v) is 6.95. The van der Waals surface area contributed by atoms with Gasteiger partial charge in [-0.1, -0.05) is 12.1 Å². The van der Waals surface area contributed by atoms with E-state index < -0.39 is 11.7 Å². The molecule has 0 unspecified atom stereocenters. The lowest BCUT2D eigenvalue weighted by Crippen LogP contribution is -2.14. The van der Waals surface area contributed by atoms with Crippen LogP contribution in [0.15, 0.2) is 30.6 Å². The molecule has 23 heavy (non-hydrogen) atoms. The van der Waals surface area contributed by atoms with Crippen molar-refractivity contribution < 1.29 is 9.18 Å². The highest BCUT2D eigenvalue weighted by molar-refractivity contribution is 5.75. The molecule has 8 heteroatoms. The SMILES string of the molecule is Cc1ncn(C)c1-c1nc(CC(N)=O)nn1-c1ccccc1F. The number of hydrogen-bond acceptors (Lipinski definition) is 4. The number of halogens is 1. The molecule has 1 aromatic carbocycles. The van der Waals surface area contributed by atoms with Crippen LogP contribution in [0.4, 0.5) is 4.39 Å². The molecule has 1 amide bonds. The van der Waals surface area contributed by atoms with Crippen molar-refractivity contribution in [3.05, 3.63) is 47.9 Å². The van der Waals surface area contributed by atoms with Gasteiger partial charge in [-0.2, -0.15) is 5.10 Å². The van der Waals surface area contributed by atoms with Crippen molar-refractivity contribution in [3.63, 3.8) is 0 Å². The van der Waals surface area contributed by atoms with Crippen LogP contribution in [-0.4, -0.2) is 30.2 Å². The molecule has 7 nitrogen and oxygen atoms in total. The number of carbonyl (C=O) groups is 1. The lowest BCUT2D eigenvalue weighted by atomic mass is 10.3. The molecule has 0 saturated carbocycles. The van der Waals surface area contributed by atoms with Crippen LogP contribution in [0.1, 0.15) is 11.5 Å². The van der Waals surface area contributed by atoms with E-state index >= 15 is 0 Å². The molecule has 0 saturated heterocycles. The molecule has 0 aliphatic carbocycles. The molecule has 0 atom stereocenters. The van der Waals surface area contributed by atoms with Crippen molar-refractivity contribution in [1.29, 1.82) is 0 Å². The summed E-state index contributed by atoms with van der Waals surface area (Å²) in [7, 11) is 1.81. The Kier molecular flexibility index (Phi) is 3.65. The third-order valence-corrected chi connectivity index (χ3v) is 3.40. The van der Waals surface area contributed by atoms with Crippen LogP contribution in [0.25, 0.3) is 17.2 Å². The van der Waals surface area contributed by atoms with Gasteiger partial charge in [0, 0.05) is 7.05 Å². The second kappa shape index (κ2) is 5.64. The first kappa shape index (κ1) is 14.9. The number of nitrogens with two attached hydrogens (primary N) is 1. The minimum absolute atomic E-state index is 0.120. The van der Waals surface area contributed by atoms with E-state index in [9.17, 15) is 9.18 Å². The van der Waals surface area contributed by atoms with Gasteiger partial charge in [-0.25, -0.2) is 19.0 Å². The van der Waals surface area contributed by atoms with Gasteiger partial charge >= 0.3 is 0 Å². The van der Waals surface area contributed by atoms with Crippen molar-refractivity contribution in [2.75, 3.05) is 0 Å². The third-order valence-electron chi connectivity index (χ3n) is 3.40. The summed E-state index contributed by atoms with van der Waals surface area (Å²) in [6.07, 6.45) is 1.52. The van der Waals surface area contributed by atoms with Crippen LogP contribution >= 0.6 is 0 Å². The average Bonchev–Trinajstić information content (AvgIpc) is 3.02. The number of imidazole rings is 1. The number of rotatable bonds is 4. The first-order chi connectivity index (χ1) is 11.0. The Labute approximate surface area is 131 Å². The van der Waals surface area contributed by atoms with E-state index in [0.717, 1.165) is 5.69 Å². The molecule has 0 radical (unpaired) electrons. The largest absolute Gasteiger partial charge is 0.369 e. The van der Waals surface area contributed by atoms with Gasteiger partial charge in [0.15, 0.2) is 11.6 Å². The Balaban J connectivity index is 2.24. The van der Waals surface area contributed by atoms with Gasteiger partial charge in [0.05, 0.1) is 18.4 Å². The molecule has 2 heterocycles. The minimum atomic E-state index is -0.552. The standard InChI is InChI=1S/C15H15FN6O/c1-9-14(21(2)8-18-9)15-19-13(7-12(17)23)20-22(15)11-6-4-3-5-10(11)16/h3-6,8H,7H2,1-2H3,(H2,17,23). The highest BCUT2D eigenvalue weighted by Crippen LogP contribution is 2.24. The van der Waals surface area contributed by atoms with Crippen LogP contribution in [-0.2, 0) is 18.3 Å². The van der Waals surface area contributed by atoms with Crippen molar-refractivity contribution in [3.8, 4) is 17.2 Å². The number of carbonyl (C=O) groups excluding carboxylic acids is 1. The minimum Gasteiger partial charge on any atom is -0.369 e. The van der Waals surface area contributed by atoms with E-state index in [1.54, 1.807) is 29.1 Å². The number of nitrogens with zero attached hydrogens (tertiary/aromatic N) is 5. The van der Waals surface area contributed by atoms with E-state index in [-0.39, 0.29) is 17.9 Å². The average molecular weight is 314 g/mol. The van der Waals surface area contributed by atoms with Gasteiger partial charge < -0.3 is 10.3 Å². The number of amides is 1. The maximum atomic E-state index is 14.2. The van der Waals surface area contributed by atoms with Gasteiger partial charge in [0.2, 0.25) is 5.91 Å². The molecular formula is C15H15FN6O. The summed E-state index contributed by atoms with van der Waals surface area (Å²) >= 11 is 0. The monoisotopic (exact) mass is 314 g/mol. The number of primary amides is 1. The quantitative estimate of drug-likeness (QED) is 0.782. The van der Waals surface area contributed by atoms with Crippen molar-refractivity contribution in [2.45, 2.75) is 13.3 Å². The second-order valence-corrected chi connectivity index (χ2v) is 5.15. The van der Waals surface area contributed by atoms with Crippen LogP contribution in [0.2, 0.25) is 0 Å². The Morgan fingerprint density at radius 2 is 2.09 bits per heavy atom. The Hall–Kier alpha value is -3.03. The zero-order chi connectivity index (χ0) is 16.6. The van der Waals surface area contributed by atoms with Crippen LogP contribution < -0.4 is 5.73 Å². The van der Waals surface area contributed by atoms with E-state index in [1.807, 2.05) is 14.0 Å². The third kappa shape index (κ3) is 2.70. The Bertz CT molecular complexity index is 862. The lowest BCUT2D eigenvalue weighted by Gasteiger charge is -2.08. The van der Waals surface area contributed by atoms with Crippen molar-refractivity contribution >= 4 is 5.91 Å². The molecule has 0 fully saturated rings. The van der Waals surface area contributed by atoms with Gasteiger partial charge in [0.25, 0.3) is 0 Å². The molecule has 0 aliphatic rings.